The monoisotopic (exact) mass is 318 g/mol. The van der Waals surface area contributed by atoms with Crippen molar-refractivity contribution in [3.63, 3.8) is 0 Å². The van der Waals surface area contributed by atoms with E-state index in [0.29, 0.717) is 0 Å². The molecule has 3 heterocycles. The topological polar surface area (TPSA) is 112 Å². The van der Waals surface area contributed by atoms with E-state index in [4.69, 9.17) is 18.9 Å². The third-order valence-electron chi connectivity index (χ3n) is 3.82. The first-order valence-corrected chi connectivity index (χ1v) is 6.49. The number of aromatic nitrogens is 2. The molecule has 5 atom stereocenters. The van der Waals surface area contributed by atoms with Gasteiger partial charge in [-0.15, -0.1) is 0 Å². The highest BCUT2D eigenvalue weighted by Crippen LogP contribution is 2.52. The molecular formula is C12H15FN2O7. The lowest BCUT2D eigenvalue weighted by Crippen LogP contribution is -2.47. The molecule has 0 bridgehead atoms. The molecule has 122 valence electrons. The van der Waals surface area contributed by atoms with Gasteiger partial charge in [-0.25, -0.2) is 9.18 Å². The minimum absolute atomic E-state index is 0.604. The van der Waals surface area contributed by atoms with Crippen molar-refractivity contribution >= 4 is 0 Å². The summed E-state index contributed by atoms with van der Waals surface area (Å²) in [6.07, 6.45) is -1.43. The van der Waals surface area contributed by atoms with Crippen molar-refractivity contribution in [2.24, 2.45) is 0 Å². The number of nitrogens with zero attached hydrogens (tertiary/aromatic N) is 1. The SMILES string of the molecule is COC1O[C@H]2[C@](C)(O1)[C@H](n1ccc(=O)[nH]c1=O)O[C@]2(F)CO. The molecule has 3 rings (SSSR count). The van der Waals surface area contributed by atoms with E-state index in [1.54, 1.807) is 0 Å². The Kier molecular flexibility index (Phi) is 3.45. The first-order chi connectivity index (χ1) is 10.3. The Morgan fingerprint density at radius 3 is 2.82 bits per heavy atom. The zero-order chi connectivity index (χ0) is 16.1. The van der Waals surface area contributed by atoms with E-state index in [0.717, 1.165) is 16.8 Å². The molecule has 0 spiro atoms. The Balaban J connectivity index is 2.08. The van der Waals surface area contributed by atoms with Crippen LogP contribution >= 0.6 is 0 Å². The maximum Gasteiger partial charge on any atom is 0.330 e. The Morgan fingerprint density at radius 2 is 2.23 bits per heavy atom. The molecule has 2 N–H and O–H groups in total. The second kappa shape index (κ2) is 4.96. The van der Waals surface area contributed by atoms with Gasteiger partial charge in [-0.2, -0.15) is 0 Å². The Hall–Kier alpha value is -1.59. The lowest BCUT2D eigenvalue weighted by molar-refractivity contribution is -0.301. The van der Waals surface area contributed by atoms with Crippen LogP contribution in [0.3, 0.4) is 0 Å². The number of nitrogens with one attached hydrogen (secondary N) is 1. The molecule has 9 nitrogen and oxygen atoms in total. The summed E-state index contributed by atoms with van der Waals surface area (Å²) in [6.45, 7) is -0.695. The number of halogens is 1. The number of aliphatic hydroxyl groups is 1. The number of H-pyrrole nitrogens is 1. The van der Waals surface area contributed by atoms with Crippen molar-refractivity contribution in [2.45, 2.75) is 37.2 Å². The average molecular weight is 318 g/mol. The van der Waals surface area contributed by atoms with E-state index >= 15 is 0 Å². The second-order valence-electron chi connectivity index (χ2n) is 5.27. The number of rotatable bonds is 3. The van der Waals surface area contributed by atoms with Crippen LogP contribution in [0.25, 0.3) is 0 Å². The summed E-state index contributed by atoms with van der Waals surface area (Å²) < 4.78 is 36.6. The first-order valence-electron chi connectivity index (χ1n) is 6.49. The van der Waals surface area contributed by atoms with Crippen LogP contribution in [0.15, 0.2) is 21.9 Å². The van der Waals surface area contributed by atoms with Crippen LogP contribution in [-0.2, 0) is 18.9 Å². The Bertz CT molecular complexity index is 691. The number of methoxy groups -OCH3 is 1. The summed E-state index contributed by atoms with van der Waals surface area (Å²) >= 11 is 0. The van der Waals surface area contributed by atoms with Gasteiger partial charge < -0.3 is 24.1 Å². The van der Waals surface area contributed by atoms with Crippen LogP contribution in [0, 0.1) is 0 Å². The molecule has 0 aliphatic carbocycles. The van der Waals surface area contributed by atoms with Gasteiger partial charge in [-0.05, 0) is 6.92 Å². The Labute approximate surface area is 123 Å². The molecule has 0 saturated carbocycles. The zero-order valence-corrected chi connectivity index (χ0v) is 11.8. The number of fused-ring (bicyclic) bond motifs is 1. The van der Waals surface area contributed by atoms with Gasteiger partial charge >= 0.3 is 5.69 Å². The van der Waals surface area contributed by atoms with E-state index in [1.807, 2.05) is 4.98 Å². The van der Waals surface area contributed by atoms with Crippen molar-refractivity contribution < 1.29 is 28.4 Å². The molecule has 10 heteroatoms. The number of ether oxygens (including phenoxy) is 4. The van der Waals surface area contributed by atoms with E-state index in [9.17, 15) is 19.1 Å². The molecule has 2 aliphatic rings. The highest BCUT2D eigenvalue weighted by molar-refractivity contribution is 5.08. The molecule has 22 heavy (non-hydrogen) atoms. The smallest absolute Gasteiger partial charge is 0.330 e. The van der Waals surface area contributed by atoms with E-state index in [-0.39, 0.29) is 0 Å². The second-order valence-corrected chi connectivity index (χ2v) is 5.27. The standard InChI is InChI=1S/C12H15FN2O7/c1-11-7(20-10(19-2)22-11)12(13,5-16)21-8(11)15-4-3-6(17)14-9(15)18/h3-4,7-8,10,16H,5H2,1-2H3,(H,14,17,18)/t7-,8+,10?,11-,12+/m0/s1. The van der Waals surface area contributed by atoms with Crippen LogP contribution in [0.5, 0.6) is 0 Å². The highest BCUT2D eigenvalue weighted by Gasteiger charge is 2.70. The summed E-state index contributed by atoms with van der Waals surface area (Å²) in [6, 6.07) is 1.09. The summed E-state index contributed by atoms with van der Waals surface area (Å²) in [5.41, 5.74) is -2.85. The number of alkyl halides is 1. The maximum absolute atomic E-state index is 14.8. The predicted octanol–water partition coefficient (Wildman–Crippen LogP) is -1.17. The van der Waals surface area contributed by atoms with Crippen molar-refractivity contribution in [3.05, 3.63) is 33.1 Å². The van der Waals surface area contributed by atoms with Crippen molar-refractivity contribution in [3.8, 4) is 0 Å². The molecule has 0 aromatic carbocycles. The van der Waals surface area contributed by atoms with Gasteiger partial charge in [0.15, 0.2) is 12.3 Å². The van der Waals surface area contributed by atoms with Gasteiger partial charge in [0.05, 0.1) is 0 Å². The van der Waals surface area contributed by atoms with Crippen LogP contribution in [-0.4, -0.2) is 52.4 Å². The zero-order valence-electron chi connectivity index (χ0n) is 11.8. The Morgan fingerprint density at radius 1 is 1.50 bits per heavy atom. The third kappa shape index (κ3) is 2.03. The normalized spacial score (nSPS) is 40.8. The largest absolute Gasteiger partial charge is 0.390 e. The predicted molar refractivity (Wildman–Crippen MR) is 67.5 cm³/mol. The van der Waals surface area contributed by atoms with Crippen LogP contribution in [0.4, 0.5) is 4.39 Å². The highest BCUT2D eigenvalue weighted by atomic mass is 19.2. The lowest BCUT2D eigenvalue weighted by atomic mass is 9.95. The van der Waals surface area contributed by atoms with Gasteiger partial charge in [0.2, 0.25) is 0 Å². The van der Waals surface area contributed by atoms with Gasteiger partial charge in [-0.3, -0.25) is 14.3 Å². The number of aliphatic hydroxyl groups excluding tert-OH is 1. The fourth-order valence-electron chi connectivity index (χ4n) is 2.79. The van der Waals surface area contributed by atoms with Crippen LogP contribution in [0.2, 0.25) is 0 Å². The molecule has 1 aromatic heterocycles. The van der Waals surface area contributed by atoms with E-state index < -0.39 is 48.1 Å². The third-order valence-corrected chi connectivity index (χ3v) is 3.82. The molecule has 1 aromatic rings. The minimum Gasteiger partial charge on any atom is -0.390 e. The van der Waals surface area contributed by atoms with Crippen LogP contribution < -0.4 is 11.2 Å². The summed E-state index contributed by atoms with van der Waals surface area (Å²) in [4.78, 5) is 25.1. The number of aromatic amines is 1. The first kappa shape index (κ1) is 15.3. The molecule has 2 saturated heterocycles. The van der Waals surface area contributed by atoms with Crippen LogP contribution in [0.1, 0.15) is 13.2 Å². The number of hydrogen-bond acceptors (Lipinski definition) is 7. The fourth-order valence-corrected chi connectivity index (χ4v) is 2.79. The minimum atomic E-state index is -2.58. The molecule has 0 amide bonds. The quantitative estimate of drug-likeness (QED) is 0.722. The van der Waals surface area contributed by atoms with Crippen molar-refractivity contribution in [2.75, 3.05) is 13.7 Å². The molecule has 2 fully saturated rings. The van der Waals surface area contributed by atoms with Gasteiger partial charge in [-0.1, -0.05) is 0 Å². The summed E-state index contributed by atoms with van der Waals surface area (Å²) in [7, 11) is 1.30. The van der Waals surface area contributed by atoms with Crippen molar-refractivity contribution in [1.29, 1.82) is 0 Å². The lowest BCUT2D eigenvalue weighted by Gasteiger charge is -2.27. The molecule has 1 unspecified atom stereocenters. The van der Waals surface area contributed by atoms with E-state index in [2.05, 4.69) is 0 Å². The average Bonchev–Trinajstić information content (AvgIpc) is 2.93. The van der Waals surface area contributed by atoms with E-state index in [1.165, 1.54) is 14.0 Å². The summed E-state index contributed by atoms with van der Waals surface area (Å²) in [5, 5.41) is 9.30. The van der Waals surface area contributed by atoms with Gasteiger partial charge in [0.25, 0.3) is 17.9 Å². The van der Waals surface area contributed by atoms with Gasteiger partial charge in [0, 0.05) is 19.4 Å². The fraction of sp³-hybridized carbons (Fsp3) is 0.667. The van der Waals surface area contributed by atoms with Gasteiger partial charge in [0.1, 0.15) is 12.2 Å². The van der Waals surface area contributed by atoms with Crippen molar-refractivity contribution in [1.82, 2.24) is 9.55 Å². The molecular weight excluding hydrogens is 303 g/mol. The molecule has 2 aliphatic heterocycles. The summed E-state index contributed by atoms with van der Waals surface area (Å²) in [5.74, 6) is -2.58. The maximum atomic E-state index is 14.8. The number of hydrogen-bond donors (Lipinski definition) is 2. The molecule has 0 radical (unpaired) electrons.